The zero-order chi connectivity index (χ0) is 10.7. The second-order valence-corrected chi connectivity index (χ2v) is 3.92. The SMILES string of the molecule is COC1C(C=O)=CC(Cl)=CC1=S(=O)=O. The summed E-state index contributed by atoms with van der Waals surface area (Å²) in [6, 6.07) is 0. The Kier molecular flexibility index (Phi) is 3.62. The van der Waals surface area contributed by atoms with Crippen molar-refractivity contribution in [1.82, 2.24) is 0 Å². The largest absolute Gasteiger partial charge is 0.371 e. The van der Waals surface area contributed by atoms with E-state index in [4.69, 9.17) is 16.3 Å². The summed E-state index contributed by atoms with van der Waals surface area (Å²) in [6.45, 7) is 0. The summed E-state index contributed by atoms with van der Waals surface area (Å²) in [5.74, 6) is 0. The van der Waals surface area contributed by atoms with E-state index in [9.17, 15) is 13.2 Å². The highest BCUT2D eigenvalue weighted by atomic mass is 35.5. The number of hydrogen-bond acceptors (Lipinski definition) is 4. The first-order valence-electron chi connectivity index (χ1n) is 3.63. The van der Waals surface area contributed by atoms with Crippen LogP contribution in [0.15, 0.2) is 22.8 Å². The van der Waals surface area contributed by atoms with E-state index in [2.05, 4.69) is 0 Å². The first-order chi connectivity index (χ1) is 6.60. The molecule has 1 unspecified atom stereocenters. The molecule has 1 rings (SSSR count). The van der Waals surface area contributed by atoms with Crippen molar-refractivity contribution in [3.05, 3.63) is 22.8 Å². The van der Waals surface area contributed by atoms with Crippen LogP contribution in [-0.4, -0.2) is 32.8 Å². The molecule has 0 aromatic carbocycles. The maximum atomic E-state index is 10.8. The Balaban J connectivity index is 3.34. The van der Waals surface area contributed by atoms with Crippen LogP contribution in [-0.2, 0) is 19.8 Å². The van der Waals surface area contributed by atoms with Gasteiger partial charge < -0.3 is 4.74 Å². The molecule has 0 saturated carbocycles. The van der Waals surface area contributed by atoms with Crippen molar-refractivity contribution < 1.29 is 17.9 Å². The zero-order valence-corrected chi connectivity index (χ0v) is 8.80. The quantitative estimate of drug-likeness (QED) is 0.510. The molecular formula is C8H7ClO4S. The molecule has 0 aromatic rings. The molecule has 14 heavy (non-hydrogen) atoms. The average molecular weight is 235 g/mol. The molecule has 0 heterocycles. The monoisotopic (exact) mass is 234 g/mol. The number of methoxy groups -OCH3 is 1. The van der Waals surface area contributed by atoms with Gasteiger partial charge in [0.1, 0.15) is 17.3 Å². The molecule has 0 fully saturated rings. The fourth-order valence-corrected chi connectivity index (χ4v) is 2.07. The highest BCUT2D eigenvalue weighted by Gasteiger charge is 2.23. The third kappa shape index (κ3) is 2.12. The number of carbonyl (C=O) groups is 1. The van der Waals surface area contributed by atoms with Crippen LogP contribution in [0.25, 0.3) is 0 Å². The molecule has 0 amide bonds. The number of rotatable bonds is 2. The predicted octanol–water partition coefficient (Wildman–Crippen LogP) is 0.315. The lowest BCUT2D eigenvalue weighted by atomic mass is 10.0. The van der Waals surface area contributed by atoms with Crippen molar-refractivity contribution >= 4 is 33.0 Å². The van der Waals surface area contributed by atoms with Crippen LogP contribution in [0.5, 0.6) is 0 Å². The van der Waals surface area contributed by atoms with Gasteiger partial charge in [0, 0.05) is 17.7 Å². The van der Waals surface area contributed by atoms with Crippen LogP contribution < -0.4 is 0 Å². The van der Waals surface area contributed by atoms with Gasteiger partial charge in [0.2, 0.25) is 10.3 Å². The van der Waals surface area contributed by atoms with Crippen molar-refractivity contribution in [2.75, 3.05) is 7.11 Å². The van der Waals surface area contributed by atoms with E-state index in [1.54, 1.807) is 0 Å². The highest BCUT2D eigenvalue weighted by Crippen LogP contribution is 2.19. The molecule has 1 aliphatic carbocycles. The molecule has 4 nitrogen and oxygen atoms in total. The number of halogens is 1. The minimum Gasteiger partial charge on any atom is -0.371 e. The molecule has 0 radical (unpaired) electrons. The Bertz CT molecular complexity index is 436. The third-order valence-electron chi connectivity index (χ3n) is 1.71. The lowest BCUT2D eigenvalue weighted by Gasteiger charge is -2.17. The van der Waals surface area contributed by atoms with Gasteiger partial charge in [0.25, 0.3) is 0 Å². The fraction of sp³-hybridized carbons (Fsp3) is 0.250. The van der Waals surface area contributed by atoms with E-state index < -0.39 is 16.4 Å². The van der Waals surface area contributed by atoms with Crippen LogP contribution in [0.3, 0.4) is 0 Å². The molecular weight excluding hydrogens is 228 g/mol. The van der Waals surface area contributed by atoms with Crippen molar-refractivity contribution in [3.63, 3.8) is 0 Å². The summed E-state index contributed by atoms with van der Waals surface area (Å²) in [7, 11) is -1.12. The zero-order valence-electron chi connectivity index (χ0n) is 7.23. The van der Waals surface area contributed by atoms with Gasteiger partial charge in [0.15, 0.2) is 0 Å². The van der Waals surface area contributed by atoms with Crippen molar-refractivity contribution in [2.24, 2.45) is 0 Å². The Labute approximate surface area is 87.3 Å². The number of hydrogen-bond donors (Lipinski definition) is 0. The van der Waals surface area contributed by atoms with Gasteiger partial charge in [-0.05, 0) is 12.2 Å². The van der Waals surface area contributed by atoms with E-state index in [1.165, 1.54) is 19.3 Å². The fourth-order valence-electron chi connectivity index (χ4n) is 1.14. The van der Waals surface area contributed by atoms with E-state index >= 15 is 0 Å². The lowest BCUT2D eigenvalue weighted by molar-refractivity contribution is -0.105. The Morgan fingerprint density at radius 3 is 2.57 bits per heavy atom. The summed E-state index contributed by atoms with van der Waals surface area (Å²) >= 11 is 5.63. The lowest BCUT2D eigenvalue weighted by Crippen LogP contribution is -2.27. The van der Waals surface area contributed by atoms with Crippen LogP contribution >= 0.6 is 11.6 Å². The first kappa shape index (κ1) is 11.2. The van der Waals surface area contributed by atoms with Gasteiger partial charge in [-0.25, -0.2) is 0 Å². The normalized spacial score (nSPS) is 21.3. The Hall–Kier alpha value is -0.910. The van der Waals surface area contributed by atoms with E-state index in [0.29, 0.717) is 6.29 Å². The second-order valence-electron chi connectivity index (χ2n) is 2.54. The third-order valence-corrected chi connectivity index (χ3v) is 2.65. The molecule has 0 bridgehead atoms. The van der Waals surface area contributed by atoms with Crippen LogP contribution in [0.2, 0.25) is 0 Å². The molecule has 0 spiro atoms. The van der Waals surface area contributed by atoms with Crippen molar-refractivity contribution in [3.8, 4) is 0 Å². The van der Waals surface area contributed by atoms with E-state index in [1.807, 2.05) is 0 Å². The Morgan fingerprint density at radius 1 is 1.50 bits per heavy atom. The summed E-state index contributed by atoms with van der Waals surface area (Å²) in [5, 5.41) is 0.194. The molecule has 6 heteroatoms. The van der Waals surface area contributed by atoms with E-state index in [-0.39, 0.29) is 15.5 Å². The van der Waals surface area contributed by atoms with Gasteiger partial charge in [-0.15, -0.1) is 0 Å². The van der Waals surface area contributed by atoms with Crippen LogP contribution in [0.4, 0.5) is 0 Å². The average Bonchev–Trinajstić information content (AvgIpc) is 2.16. The van der Waals surface area contributed by atoms with Crippen molar-refractivity contribution in [2.45, 2.75) is 6.10 Å². The standard InChI is InChI=1S/C8H7ClO4S/c1-13-8-5(4-10)2-6(9)3-7(8)14(11)12/h2-4,8H,1H3. The number of allylic oxidation sites excluding steroid dienone is 2. The van der Waals surface area contributed by atoms with Gasteiger partial charge in [0.05, 0.1) is 0 Å². The number of carbonyl (C=O) groups excluding carboxylic acids is 1. The van der Waals surface area contributed by atoms with Gasteiger partial charge in [-0.1, -0.05) is 11.6 Å². The van der Waals surface area contributed by atoms with Crippen LogP contribution in [0.1, 0.15) is 0 Å². The number of aldehydes is 1. The van der Waals surface area contributed by atoms with Gasteiger partial charge >= 0.3 is 0 Å². The minimum atomic E-state index is -2.44. The molecule has 1 atom stereocenters. The summed E-state index contributed by atoms with van der Waals surface area (Å²) in [5.41, 5.74) is 0.194. The predicted molar refractivity (Wildman–Crippen MR) is 52.8 cm³/mol. The van der Waals surface area contributed by atoms with Crippen molar-refractivity contribution in [1.29, 1.82) is 0 Å². The van der Waals surface area contributed by atoms with Gasteiger partial charge in [-0.2, -0.15) is 8.42 Å². The summed E-state index contributed by atoms with van der Waals surface area (Å²) in [4.78, 5) is 10.6. The molecule has 0 aromatic heterocycles. The smallest absolute Gasteiger partial charge is 0.220 e. The molecule has 0 aliphatic heterocycles. The number of ether oxygens (including phenoxy) is 1. The topological polar surface area (TPSA) is 60.4 Å². The highest BCUT2D eigenvalue weighted by molar-refractivity contribution is 7.73. The Morgan fingerprint density at radius 2 is 2.14 bits per heavy atom. The maximum Gasteiger partial charge on any atom is 0.220 e. The summed E-state index contributed by atoms with van der Waals surface area (Å²) < 4.78 is 26.4. The van der Waals surface area contributed by atoms with E-state index in [0.717, 1.165) is 0 Å². The minimum absolute atomic E-state index is 0.0397. The molecule has 0 saturated heterocycles. The van der Waals surface area contributed by atoms with Gasteiger partial charge in [-0.3, -0.25) is 4.79 Å². The molecule has 1 aliphatic rings. The maximum absolute atomic E-state index is 10.8. The molecule has 0 N–H and O–H groups in total. The van der Waals surface area contributed by atoms with Crippen LogP contribution in [0, 0.1) is 0 Å². The summed E-state index contributed by atoms with van der Waals surface area (Å²) in [6.07, 6.45) is 2.30. The first-order valence-corrected chi connectivity index (χ1v) is 5.08. The second kappa shape index (κ2) is 4.54. The molecule has 76 valence electrons.